The number of hydrogen-bond acceptors (Lipinski definition) is 3. The standard InChI is InChI=1S/C21H31F2N3O2/c1-2-25-21(27)26-11-3-4-19(24)20(26)13-28-16-8-5-14(6-9-16)15-7-10-17(22)18(23)12-15/h7,10,12,14,16,19-20H,2-6,8-9,11,13,24H2,1H3,(H,25,27)/t14?,16?,19?,20-/m0/s1. The number of carbonyl (C=O) groups excluding carboxylic acids is 1. The summed E-state index contributed by atoms with van der Waals surface area (Å²) >= 11 is 0. The van der Waals surface area contributed by atoms with E-state index in [2.05, 4.69) is 5.32 Å². The number of amides is 2. The van der Waals surface area contributed by atoms with Crippen LogP contribution in [0.25, 0.3) is 0 Å². The summed E-state index contributed by atoms with van der Waals surface area (Å²) < 4.78 is 32.8. The Morgan fingerprint density at radius 3 is 2.64 bits per heavy atom. The summed E-state index contributed by atoms with van der Waals surface area (Å²) in [4.78, 5) is 14.1. The smallest absolute Gasteiger partial charge is 0.317 e. The van der Waals surface area contributed by atoms with Crippen LogP contribution in [0.4, 0.5) is 13.6 Å². The summed E-state index contributed by atoms with van der Waals surface area (Å²) in [6, 6.07) is 3.93. The summed E-state index contributed by atoms with van der Waals surface area (Å²) in [7, 11) is 0. The molecule has 3 N–H and O–H groups in total. The molecule has 0 radical (unpaired) electrons. The topological polar surface area (TPSA) is 67.6 Å². The van der Waals surface area contributed by atoms with Gasteiger partial charge >= 0.3 is 6.03 Å². The molecule has 2 fully saturated rings. The lowest BCUT2D eigenvalue weighted by Gasteiger charge is -2.40. The van der Waals surface area contributed by atoms with E-state index < -0.39 is 11.6 Å². The van der Waals surface area contributed by atoms with Crippen LogP contribution in [0.2, 0.25) is 0 Å². The highest BCUT2D eigenvalue weighted by atomic mass is 19.2. The van der Waals surface area contributed by atoms with Crippen molar-refractivity contribution in [2.24, 2.45) is 5.73 Å². The fourth-order valence-corrected chi connectivity index (χ4v) is 4.37. The fraction of sp³-hybridized carbons (Fsp3) is 0.667. The summed E-state index contributed by atoms with van der Waals surface area (Å²) in [6.45, 7) is 3.64. The van der Waals surface area contributed by atoms with Gasteiger partial charge in [0.2, 0.25) is 0 Å². The number of urea groups is 1. The van der Waals surface area contributed by atoms with Gasteiger partial charge in [0.15, 0.2) is 11.6 Å². The Morgan fingerprint density at radius 1 is 1.21 bits per heavy atom. The van der Waals surface area contributed by atoms with Gasteiger partial charge in [-0.1, -0.05) is 6.07 Å². The van der Waals surface area contributed by atoms with E-state index in [0.29, 0.717) is 19.7 Å². The number of nitrogens with two attached hydrogens (primary N) is 1. The molecule has 2 amide bonds. The van der Waals surface area contributed by atoms with Gasteiger partial charge in [-0.05, 0) is 69.1 Å². The maximum atomic E-state index is 13.5. The first-order valence-corrected chi connectivity index (χ1v) is 10.4. The monoisotopic (exact) mass is 395 g/mol. The molecule has 1 aromatic rings. The number of halogens is 2. The van der Waals surface area contributed by atoms with Crippen molar-refractivity contribution < 1.29 is 18.3 Å². The van der Waals surface area contributed by atoms with Gasteiger partial charge in [0.25, 0.3) is 0 Å². The van der Waals surface area contributed by atoms with Crippen LogP contribution in [0.3, 0.4) is 0 Å². The molecule has 1 saturated heterocycles. The molecule has 1 aromatic carbocycles. The number of nitrogens with zero attached hydrogens (tertiary/aromatic N) is 1. The van der Waals surface area contributed by atoms with Gasteiger partial charge in [0, 0.05) is 19.1 Å². The number of rotatable bonds is 5. The average molecular weight is 395 g/mol. The molecule has 7 heteroatoms. The van der Waals surface area contributed by atoms with Crippen LogP contribution in [0.1, 0.15) is 56.9 Å². The van der Waals surface area contributed by atoms with Gasteiger partial charge in [-0.15, -0.1) is 0 Å². The lowest BCUT2D eigenvalue weighted by Crippen LogP contribution is -2.58. The predicted molar refractivity (Wildman–Crippen MR) is 104 cm³/mol. The van der Waals surface area contributed by atoms with Crippen LogP contribution in [-0.4, -0.2) is 48.8 Å². The normalized spacial score (nSPS) is 28.2. The van der Waals surface area contributed by atoms with Crippen LogP contribution in [0.5, 0.6) is 0 Å². The lowest BCUT2D eigenvalue weighted by atomic mass is 9.82. The van der Waals surface area contributed by atoms with Crippen molar-refractivity contribution >= 4 is 6.03 Å². The maximum absolute atomic E-state index is 13.5. The first-order chi connectivity index (χ1) is 13.5. The Balaban J connectivity index is 1.51. The lowest BCUT2D eigenvalue weighted by molar-refractivity contribution is -0.0158. The summed E-state index contributed by atoms with van der Waals surface area (Å²) in [6.07, 6.45) is 5.42. The van der Waals surface area contributed by atoms with E-state index in [1.807, 2.05) is 11.8 Å². The third-order valence-corrected chi connectivity index (χ3v) is 6.01. The highest BCUT2D eigenvalue weighted by molar-refractivity contribution is 5.74. The molecular weight excluding hydrogens is 364 g/mol. The van der Waals surface area contributed by atoms with Gasteiger partial charge in [-0.25, -0.2) is 13.6 Å². The number of hydrogen-bond donors (Lipinski definition) is 2. The molecular formula is C21H31F2N3O2. The van der Waals surface area contributed by atoms with Gasteiger partial charge in [-0.2, -0.15) is 0 Å². The number of ether oxygens (including phenoxy) is 1. The fourth-order valence-electron chi connectivity index (χ4n) is 4.37. The second-order valence-corrected chi connectivity index (χ2v) is 7.88. The molecule has 1 heterocycles. The zero-order valence-electron chi connectivity index (χ0n) is 16.5. The number of benzene rings is 1. The molecule has 0 bridgehead atoms. The zero-order chi connectivity index (χ0) is 20.1. The highest BCUT2D eigenvalue weighted by Crippen LogP contribution is 2.34. The first-order valence-electron chi connectivity index (χ1n) is 10.4. The molecule has 2 aliphatic rings. The molecule has 5 nitrogen and oxygen atoms in total. The van der Waals surface area contributed by atoms with Crippen molar-refractivity contribution in [2.75, 3.05) is 19.7 Å². The Labute approximate surface area is 165 Å². The maximum Gasteiger partial charge on any atom is 0.317 e. The van der Waals surface area contributed by atoms with E-state index in [-0.39, 0.29) is 30.1 Å². The number of piperidine rings is 1. The van der Waals surface area contributed by atoms with Gasteiger partial charge in [0.05, 0.1) is 18.8 Å². The summed E-state index contributed by atoms with van der Waals surface area (Å²) in [5.41, 5.74) is 7.13. The molecule has 2 atom stereocenters. The van der Waals surface area contributed by atoms with E-state index in [9.17, 15) is 13.6 Å². The van der Waals surface area contributed by atoms with E-state index in [1.54, 1.807) is 6.07 Å². The van der Waals surface area contributed by atoms with E-state index in [1.165, 1.54) is 12.1 Å². The number of nitrogens with one attached hydrogen (secondary N) is 1. The Bertz CT molecular complexity index is 665. The average Bonchev–Trinajstić information content (AvgIpc) is 2.69. The second kappa shape index (κ2) is 9.65. The Hall–Kier alpha value is -1.73. The van der Waals surface area contributed by atoms with Crippen LogP contribution in [0.15, 0.2) is 18.2 Å². The predicted octanol–water partition coefficient (Wildman–Crippen LogP) is 3.53. The Morgan fingerprint density at radius 2 is 1.96 bits per heavy atom. The molecule has 0 spiro atoms. The third-order valence-electron chi connectivity index (χ3n) is 6.01. The van der Waals surface area contributed by atoms with E-state index in [4.69, 9.17) is 10.5 Å². The largest absolute Gasteiger partial charge is 0.376 e. The second-order valence-electron chi connectivity index (χ2n) is 7.88. The molecule has 28 heavy (non-hydrogen) atoms. The number of carbonyl (C=O) groups is 1. The molecule has 1 unspecified atom stereocenters. The number of likely N-dealkylation sites (tertiary alicyclic amines) is 1. The summed E-state index contributed by atoms with van der Waals surface area (Å²) in [5, 5.41) is 2.85. The van der Waals surface area contributed by atoms with Crippen molar-refractivity contribution in [3.05, 3.63) is 35.4 Å². The van der Waals surface area contributed by atoms with Gasteiger partial charge < -0.3 is 20.7 Å². The molecule has 1 saturated carbocycles. The van der Waals surface area contributed by atoms with Crippen LogP contribution < -0.4 is 11.1 Å². The molecule has 1 aliphatic carbocycles. The zero-order valence-corrected chi connectivity index (χ0v) is 16.5. The first kappa shape index (κ1) is 21.0. The minimum Gasteiger partial charge on any atom is -0.376 e. The van der Waals surface area contributed by atoms with E-state index >= 15 is 0 Å². The molecule has 1 aliphatic heterocycles. The van der Waals surface area contributed by atoms with Crippen LogP contribution >= 0.6 is 0 Å². The Kier molecular flexibility index (Phi) is 7.24. The van der Waals surface area contributed by atoms with Crippen LogP contribution in [0, 0.1) is 11.6 Å². The van der Waals surface area contributed by atoms with Crippen molar-refractivity contribution in [3.63, 3.8) is 0 Å². The molecule has 0 aromatic heterocycles. The molecule has 3 rings (SSSR count). The van der Waals surface area contributed by atoms with Crippen molar-refractivity contribution in [1.82, 2.24) is 10.2 Å². The third kappa shape index (κ3) is 5.00. The van der Waals surface area contributed by atoms with Crippen molar-refractivity contribution in [3.8, 4) is 0 Å². The van der Waals surface area contributed by atoms with Crippen molar-refractivity contribution in [2.45, 2.75) is 69.6 Å². The van der Waals surface area contributed by atoms with Crippen LogP contribution in [-0.2, 0) is 4.74 Å². The SMILES string of the molecule is CCNC(=O)N1CCCC(N)[C@@H]1COC1CCC(c2ccc(F)c(F)c2)CC1. The van der Waals surface area contributed by atoms with Crippen molar-refractivity contribution in [1.29, 1.82) is 0 Å². The molecule has 156 valence electrons. The quantitative estimate of drug-likeness (QED) is 0.802. The van der Waals surface area contributed by atoms with Gasteiger partial charge in [0.1, 0.15) is 0 Å². The minimum atomic E-state index is -0.804. The minimum absolute atomic E-state index is 0.0742. The highest BCUT2D eigenvalue weighted by Gasteiger charge is 2.33. The summed E-state index contributed by atoms with van der Waals surface area (Å²) in [5.74, 6) is -1.35. The van der Waals surface area contributed by atoms with E-state index in [0.717, 1.165) is 44.1 Å². The van der Waals surface area contributed by atoms with Gasteiger partial charge in [-0.3, -0.25) is 0 Å².